The van der Waals surface area contributed by atoms with Crippen LogP contribution in [0.1, 0.15) is 20.3 Å². The summed E-state index contributed by atoms with van der Waals surface area (Å²) >= 11 is 0. The maximum absolute atomic E-state index is 4.08. The Kier molecular flexibility index (Phi) is 1.46. The van der Waals surface area contributed by atoms with Crippen molar-refractivity contribution in [3.63, 3.8) is 0 Å². The molecular weight excluding hydrogens is 116 g/mol. The van der Waals surface area contributed by atoms with Crippen molar-refractivity contribution in [2.24, 2.45) is 15.3 Å². The lowest BCUT2D eigenvalue weighted by molar-refractivity contribution is 0.432. The zero-order chi connectivity index (χ0) is 6.74. The average Bonchev–Trinajstić information content (AvgIpc) is 1.90. The first-order chi connectivity index (χ1) is 4.27. The van der Waals surface area contributed by atoms with Crippen LogP contribution in [-0.2, 0) is 0 Å². The van der Waals surface area contributed by atoms with Crippen LogP contribution < -0.4 is 5.43 Å². The fraction of sp³-hybridized carbons (Fsp3) is 0.800. The minimum absolute atomic E-state index is 0.314. The zero-order valence-corrected chi connectivity index (χ0v) is 5.63. The lowest BCUT2D eigenvalue weighted by atomic mass is 10.2. The van der Waals surface area contributed by atoms with E-state index >= 15 is 0 Å². The van der Waals surface area contributed by atoms with E-state index in [-0.39, 0.29) is 5.66 Å². The SMILES string of the molecule is CCC1(C)N=CNN=N1. The number of hydrogen-bond donors (Lipinski definition) is 1. The van der Waals surface area contributed by atoms with E-state index < -0.39 is 0 Å². The van der Waals surface area contributed by atoms with E-state index in [1.807, 2.05) is 13.8 Å². The third-order valence-corrected chi connectivity index (χ3v) is 1.39. The van der Waals surface area contributed by atoms with Gasteiger partial charge >= 0.3 is 0 Å². The van der Waals surface area contributed by atoms with Gasteiger partial charge in [0.1, 0.15) is 6.34 Å². The molecule has 1 atom stereocenters. The quantitative estimate of drug-likeness (QED) is 0.562. The number of nitrogens with one attached hydrogen (secondary N) is 1. The first-order valence-electron chi connectivity index (χ1n) is 2.98. The standard InChI is InChI=1S/C5H10N4/c1-3-5(2)6-4-7-9-8-5/h4H,3H2,1-2H3,(H,6,7,8). The smallest absolute Gasteiger partial charge is 0.171 e. The molecule has 1 N–H and O–H groups in total. The number of rotatable bonds is 1. The molecule has 1 aliphatic rings. The van der Waals surface area contributed by atoms with Gasteiger partial charge in [-0.2, -0.15) is 0 Å². The van der Waals surface area contributed by atoms with Crippen molar-refractivity contribution in [1.29, 1.82) is 0 Å². The van der Waals surface area contributed by atoms with Gasteiger partial charge in [0.05, 0.1) is 0 Å². The molecular formula is C5H10N4. The van der Waals surface area contributed by atoms with Crippen LogP contribution in [0.2, 0.25) is 0 Å². The third-order valence-electron chi connectivity index (χ3n) is 1.39. The van der Waals surface area contributed by atoms with Crippen molar-refractivity contribution in [1.82, 2.24) is 5.43 Å². The van der Waals surface area contributed by atoms with E-state index in [0.29, 0.717) is 0 Å². The summed E-state index contributed by atoms with van der Waals surface area (Å²) in [7, 11) is 0. The number of nitrogens with zero attached hydrogens (tertiary/aromatic N) is 3. The van der Waals surface area contributed by atoms with Gasteiger partial charge in [0.25, 0.3) is 0 Å². The number of aliphatic imine (C=N–C) groups is 1. The summed E-state index contributed by atoms with van der Waals surface area (Å²) in [5.74, 6) is 0. The topological polar surface area (TPSA) is 49.1 Å². The van der Waals surface area contributed by atoms with Crippen LogP contribution in [0, 0.1) is 0 Å². The van der Waals surface area contributed by atoms with Crippen molar-refractivity contribution in [3.05, 3.63) is 0 Å². The lowest BCUT2D eigenvalue weighted by Crippen LogP contribution is -2.23. The van der Waals surface area contributed by atoms with Gasteiger partial charge in [-0.25, -0.2) is 10.4 Å². The molecule has 0 aliphatic carbocycles. The van der Waals surface area contributed by atoms with Crippen LogP contribution in [-0.4, -0.2) is 12.0 Å². The Morgan fingerprint density at radius 3 is 2.78 bits per heavy atom. The van der Waals surface area contributed by atoms with Gasteiger partial charge in [0, 0.05) is 0 Å². The van der Waals surface area contributed by atoms with E-state index in [1.54, 1.807) is 6.34 Å². The lowest BCUT2D eigenvalue weighted by Gasteiger charge is -2.17. The number of hydrogen-bond acceptors (Lipinski definition) is 4. The molecule has 1 heterocycles. The highest BCUT2D eigenvalue weighted by Gasteiger charge is 2.19. The normalized spacial score (nSPS) is 32.2. The van der Waals surface area contributed by atoms with Crippen molar-refractivity contribution < 1.29 is 0 Å². The highest BCUT2D eigenvalue weighted by molar-refractivity contribution is 5.54. The van der Waals surface area contributed by atoms with Gasteiger partial charge in [-0.15, -0.1) is 5.11 Å². The largest absolute Gasteiger partial charge is 0.250 e. The molecule has 50 valence electrons. The molecule has 1 rings (SSSR count). The van der Waals surface area contributed by atoms with E-state index in [1.165, 1.54) is 0 Å². The van der Waals surface area contributed by atoms with Crippen molar-refractivity contribution in [2.75, 3.05) is 0 Å². The van der Waals surface area contributed by atoms with Gasteiger partial charge in [-0.1, -0.05) is 12.1 Å². The Balaban J connectivity index is 2.67. The van der Waals surface area contributed by atoms with Crippen molar-refractivity contribution >= 4 is 6.34 Å². The second-order valence-corrected chi connectivity index (χ2v) is 2.16. The minimum Gasteiger partial charge on any atom is -0.250 e. The maximum atomic E-state index is 4.08. The van der Waals surface area contributed by atoms with Gasteiger partial charge in [0.2, 0.25) is 0 Å². The molecule has 0 aromatic rings. The van der Waals surface area contributed by atoms with Gasteiger partial charge in [0.15, 0.2) is 5.66 Å². The maximum Gasteiger partial charge on any atom is 0.171 e. The van der Waals surface area contributed by atoms with E-state index in [2.05, 4.69) is 20.8 Å². The second-order valence-electron chi connectivity index (χ2n) is 2.16. The van der Waals surface area contributed by atoms with E-state index in [9.17, 15) is 0 Å². The molecule has 4 heteroatoms. The predicted molar refractivity (Wildman–Crippen MR) is 35.2 cm³/mol. The van der Waals surface area contributed by atoms with E-state index in [0.717, 1.165) is 6.42 Å². The molecule has 1 aliphatic heterocycles. The molecule has 1 unspecified atom stereocenters. The molecule has 4 nitrogen and oxygen atoms in total. The van der Waals surface area contributed by atoms with Crippen LogP contribution in [0.25, 0.3) is 0 Å². The summed E-state index contributed by atoms with van der Waals surface area (Å²) in [5.41, 5.74) is 2.23. The fourth-order valence-electron chi connectivity index (χ4n) is 0.518. The summed E-state index contributed by atoms with van der Waals surface area (Å²) < 4.78 is 0. The van der Waals surface area contributed by atoms with Gasteiger partial charge in [-0.05, 0) is 13.3 Å². The molecule has 0 radical (unpaired) electrons. The Hall–Kier alpha value is -0.930. The van der Waals surface area contributed by atoms with Crippen molar-refractivity contribution in [3.8, 4) is 0 Å². The van der Waals surface area contributed by atoms with Crippen LogP contribution in [0.15, 0.2) is 15.3 Å². The van der Waals surface area contributed by atoms with Gasteiger partial charge in [-0.3, -0.25) is 0 Å². The van der Waals surface area contributed by atoms with Crippen LogP contribution in [0.3, 0.4) is 0 Å². The molecule has 0 amide bonds. The molecule has 0 saturated heterocycles. The molecule has 0 aromatic heterocycles. The molecule has 0 fully saturated rings. The summed E-state index contributed by atoms with van der Waals surface area (Å²) in [6.45, 7) is 3.97. The first-order valence-corrected chi connectivity index (χ1v) is 2.98. The monoisotopic (exact) mass is 126 g/mol. The molecule has 0 spiro atoms. The summed E-state index contributed by atoms with van der Waals surface area (Å²) in [5, 5.41) is 7.52. The fourth-order valence-corrected chi connectivity index (χ4v) is 0.518. The van der Waals surface area contributed by atoms with Crippen LogP contribution in [0.5, 0.6) is 0 Å². The van der Waals surface area contributed by atoms with Crippen molar-refractivity contribution in [2.45, 2.75) is 25.9 Å². The Bertz CT molecular complexity index is 137. The van der Waals surface area contributed by atoms with Gasteiger partial charge < -0.3 is 0 Å². The Morgan fingerprint density at radius 2 is 2.44 bits per heavy atom. The van der Waals surface area contributed by atoms with Crippen LogP contribution >= 0.6 is 0 Å². The molecule has 0 aromatic carbocycles. The van der Waals surface area contributed by atoms with Crippen LogP contribution in [0.4, 0.5) is 0 Å². The average molecular weight is 126 g/mol. The zero-order valence-electron chi connectivity index (χ0n) is 5.63. The minimum atomic E-state index is -0.314. The first kappa shape index (κ1) is 6.19. The highest BCUT2D eigenvalue weighted by Crippen LogP contribution is 2.17. The Morgan fingerprint density at radius 1 is 1.67 bits per heavy atom. The molecule has 0 bridgehead atoms. The van der Waals surface area contributed by atoms with E-state index in [4.69, 9.17) is 0 Å². The Labute approximate surface area is 54.1 Å². The predicted octanol–water partition coefficient (Wildman–Crippen LogP) is 1.11. The summed E-state index contributed by atoms with van der Waals surface area (Å²) in [6.07, 6.45) is 2.45. The second kappa shape index (κ2) is 2.13. The molecule has 0 saturated carbocycles. The highest BCUT2D eigenvalue weighted by atomic mass is 15.5. The molecule has 9 heavy (non-hydrogen) atoms. The summed E-state index contributed by atoms with van der Waals surface area (Å²) in [6, 6.07) is 0. The third kappa shape index (κ3) is 1.25. The summed E-state index contributed by atoms with van der Waals surface area (Å²) in [4.78, 5) is 4.08.